The minimum Gasteiger partial charge on any atom is -0.324 e. The van der Waals surface area contributed by atoms with Gasteiger partial charge in [0.05, 0.1) is 26.2 Å². The lowest BCUT2D eigenvalue weighted by molar-refractivity contribution is -0.935. The summed E-state index contributed by atoms with van der Waals surface area (Å²) in [5.74, 6) is 0. The summed E-state index contributed by atoms with van der Waals surface area (Å²) in [6.45, 7) is 15.0. The van der Waals surface area contributed by atoms with Gasteiger partial charge < -0.3 is 4.48 Å². The maximum absolute atomic E-state index is 2.42. The fourth-order valence-electron chi connectivity index (χ4n) is 2.72. The summed E-state index contributed by atoms with van der Waals surface area (Å²) >= 11 is 0. The highest BCUT2D eigenvalue weighted by Gasteiger charge is 2.36. The molecule has 12 heavy (non-hydrogen) atoms. The van der Waals surface area contributed by atoms with Gasteiger partial charge in [0.25, 0.3) is 0 Å². The highest BCUT2D eigenvalue weighted by Crippen LogP contribution is 2.32. The standard InChI is InChI=1S/C11H24N/c1-5-12(6-2)9-7-8-11(3,4)10-12/h5-10H2,1-4H3/q+1. The fourth-order valence-corrected chi connectivity index (χ4v) is 2.72. The average molecular weight is 170 g/mol. The minimum absolute atomic E-state index is 0.588. The summed E-state index contributed by atoms with van der Waals surface area (Å²) < 4.78 is 1.35. The van der Waals surface area contributed by atoms with E-state index in [0.717, 1.165) is 0 Å². The van der Waals surface area contributed by atoms with Crippen molar-refractivity contribution in [3.63, 3.8) is 0 Å². The van der Waals surface area contributed by atoms with Gasteiger partial charge in [-0.1, -0.05) is 13.8 Å². The maximum atomic E-state index is 2.42. The van der Waals surface area contributed by atoms with E-state index in [1.807, 2.05) is 0 Å². The molecule has 0 spiro atoms. The molecule has 0 atom stereocenters. The van der Waals surface area contributed by atoms with E-state index in [2.05, 4.69) is 27.7 Å². The molecule has 1 saturated heterocycles. The van der Waals surface area contributed by atoms with Gasteiger partial charge in [0.2, 0.25) is 0 Å². The van der Waals surface area contributed by atoms with Gasteiger partial charge in [-0.15, -0.1) is 0 Å². The lowest BCUT2D eigenvalue weighted by atomic mass is 9.82. The second-order valence-corrected chi connectivity index (χ2v) is 5.12. The Balaban J connectivity index is 2.65. The number of quaternary nitrogens is 1. The summed E-state index contributed by atoms with van der Waals surface area (Å²) in [5, 5.41) is 0. The number of rotatable bonds is 2. The molecule has 0 bridgehead atoms. The van der Waals surface area contributed by atoms with Gasteiger partial charge in [0.15, 0.2) is 0 Å². The Labute approximate surface area is 77.4 Å². The third-order valence-corrected chi connectivity index (χ3v) is 3.59. The van der Waals surface area contributed by atoms with Crippen molar-refractivity contribution in [1.82, 2.24) is 0 Å². The van der Waals surface area contributed by atoms with Gasteiger partial charge in [-0.05, 0) is 26.7 Å². The second-order valence-electron chi connectivity index (χ2n) is 5.12. The van der Waals surface area contributed by atoms with Gasteiger partial charge >= 0.3 is 0 Å². The van der Waals surface area contributed by atoms with E-state index >= 15 is 0 Å². The van der Waals surface area contributed by atoms with Crippen LogP contribution in [0.1, 0.15) is 40.5 Å². The van der Waals surface area contributed by atoms with Crippen LogP contribution in [0, 0.1) is 5.41 Å². The Hall–Kier alpha value is -0.0400. The highest BCUT2D eigenvalue weighted by molar-refractivity contribution is 4.72. The van der Waals surface area contributed by atoms with Crippen LogP contribution in [0.25, 0.3) is 0 Å². The molecule has 0 aliphatic carbocycles. The van der Waals surface area contributed by atoms with E-state index in [1.54, 1.807) is 0 Å². The number of piperidine rings is 1. The number of likely N-dealkylation sites (tertiary alicyclic amines) is 1. The minimum atomic E-state index is 0.588. The van der Waals surface area contributed by atoms with Crippen LogP contribution in [0.3, 0.4) is 0 Å². The third kappa shape index (κ3) is 2.01. The maximum Gasteiger partial charge on any atom is 0.0838 e. The molecule has 1 aliphatic heterocycles. The monoisotopic (exact) mass is 170 g/mol. The first-order chi connectivity index (χ1) is 5.54. The molecule has 1 heteroatoms. The topological polar surface area (TPSA) is 0 Å². The van der Waals surface area contributed by atoms with Crippen molar-refractivity contribution in [3.05, 3.63) is 0 Å². The average Bonchev–Trinajstić information content (AvgIpc) is 2.02. The van der Waals surface area contributed by atoms with Crippen molar-refractivity contribution in [2.24, 2.45) is 5.41 Å². The quantitative estimate of drug-likeness (QED) is 0.559. The van der Waals surface area contributed by atoms with Crippen molar-refractivity contribution >= 4 is 0 Å². The first kappa shape index (κ1) is 10.0. The SMILES string of the molecule is CC[N+]1(CC)CCCC(C)(C)C1. The van der Waals surface area contributed by atoms with Crippen LogP contribution in [0.15, 0.2) is 0 Å². The molecule has 0 saturated carbocycles. The molecule has 1 rings (SSSR count). The molecule has 0 N–H and O–H groups in total. The molecule has 0 amide bonds. The van der Waals surface area contributed by atoms with E-state index in [0.29, 0.717) is 5.41 Å². The Morgan fingerprint density at radius 3 is 2.08 bits per heavy atom. The van der Waals surface area contributed by atoms with Crippen molar-refractivity contribution in [1.29, 1.82) is 0 Å². The van der Waals surface area contributed by atoms with E-state index < -0.39 is 0 Å². The van der Waals surface area contributed by atoms with Crippen LogP contribution in [-0.2, 0) is 0 Å². The largest absolute Gasteiger partial charge is 0.324 e. The Morgan fingerprint density at radius 1 is 1.17 bits per heavy atom. The van der Waals surface area contributed by atoms with Gasteiger partial charge in [0.1, 0.15) is 0 Å². The summed E-state index contributed by atoms with van der Waals surface area (Å²) in [4.78, 5) is 0. The van der Waals surface area contributed by atoms with E-state index in [1.165, 1.54) is 43.5 Å². The molecule has 0 unspecified atom stereocenters. The zero-order valence-corrected chi connectivity index (χ0v) is 9.19. The summed E-state index contributed by atoms with van der Waals surface area (Å²) in [6, 6.07) is 0. The predicted molar refractivity (Wildman–Crippen MR) is 54.1 cm³/mol. The van der Waals surface area contributed by atoms with Gasteiger partial charge in [-0.2, -0.15) is 0 Å². The predicted octanol–water partition coefficient (Wildman–Crippen LogP) is 2.66. The molecular formula is C11H24N+. The lowest BCUT2D eigenvalue weighted by Crippen LogP contribution is -2.56. The summed E-state index contributed by atoms with van der Waals surface area (Å²) in [6.07, 6.45) is 2.85. The molecule has 1 fully saturated rings. The van der Waals surface area contributed by atoms with Crippen LogP contribution in [0.4, 0.5) is 0 Å². The van der Waals surface area contributed by atoms with Crippen molar-refractivity contribution in [3.8, 4) is 0 Å². The Kier molecular flexibility index (Phi) is 2.82. The molecule has 0 radical (unpaired) electrons. The number of hydrogen-bond acceptors (Lipinski definition) is 0. The first-order valence-electron chi connectivity index (χ1n) is 5.39. The van der Waals surface area contributed by atoms with Crippen LogP contribution in [-0.4, -0.2) is 30.7 Å². The molecule has 0 aromatic carbocycles. The zero-order chi connectivity index (χ0) is 9.24. The van der Waals surface area contributed by atoms with Crippen molar-refractivity contribution < 1.29 is 4.48 Å². The molecular weight excluding hydrogens is 146 g/mol. The third-order valence-electron chi connectivity index (χ3n) is 3.59. The second kappa shape index (κ2) is 3.37. The fraction of sp³-hybridized carbons (Fsp3) is 1.00. The van der Waals surface area contributed by atoms with Crippen molar-refractivity contribution in [2.45, 2.75) is 40.5 Å². The summed E-state index contributed by atoms with van der Waals surface area (Å²) in [5.41, 5.74) is 0.588. The normalized spacial score (nSPS) is 27.0. The van der Waals surface area contributed by atoms with Gasteiger partial charge in [-0.25, -0.2) is 0 Å². The van der Waals surface area contributed by atoms with Gasteiger partial charge in [0, 0.05) is 5.41 Å². The first-order valence-corrected chi connectivity index (χ1v) is 5.39. The molecule has 0 aromatic rings. The molecule has 72 valence electrons. The van der Waals surface area contributed by atoms with E-state index in [-0.39, 0.29) is 0 Å². The van der Waals surface area contributed by atoms with Gasteiger partial charge in [-0.3, -0.25) is 0 Å². The Morgan fingerprint density at radius 2 is 1.75 bits per heavy atom. The van der Waals surface area contributed by atoms with Crippen molar-refractivity contribution in [2.75, 3.05) is 26.2 Å². The Bertz CT molecular complexity index is 145. The van der Waals surface area contributed by atoms with E-state index in [9.17, 15) is 0 Å². The van der Waals surface area contributed by atoms with Crippen LogP contribution < -0.4 is 0 Å². The molecule has 1 nitrogen and oxygen atoms in total. The van der Waals surface area contributed by atoms with Crippen LogP contribution >= 0.6 is 0 Å². The summed E-state index contributed by atoms with van der Waals surface area (Å²) in [7, 11) is 0. The zero-order valence-electron chi connectivity index (χ0n) is 9.19. The number of hydrogen-bond donors (Lipinski definition) is 0. The lowest BCUT2D eigenvalue weighted by Gasteiger charge is -2.46. The highest BCUT2D eigenvalue weighted by atomic mass is 15.4. The molecule has 1 heterocycles. The molecule has 1 aliphatic rings. The van der Waals surface area contributed by atoms with Crippen LogP contribution in [0.5, 0.6) is 0 Å². The molecule has 0 aromatic heterocycles. The number of nitrogens with zero attached hydrogens (tertiary/aromatic N) is 1. The van der Waals surface area contributed by atoms with E-state index in [4.69, 9.17) is 0 Å². The van der Waals surface area contributed by atoms with Crippen LogP contribution in [0.2, 0.25) is 0 Å². The smallest absolute Gasteiger partial charge is 0.0838 e.